The van der Waals surface area contributed by atoms with Crippen molar-refractivity contribution in [2.45, 2.75) is 26.2 Å². The molecule has 0 saturated carbocycles. The molecule has 0 atom stereocenters. The fraction of sp³-hybridized carbons (Fsp3) is 0.263. The standard InChI is InChI=1S/C19H18ClNO3/c1-12-8-15(20)6-7-16(12)21-17(22)11-19(18(23)24)9-13-4-2-3-5-14(13)10-19/h2-8H,9-11H2,1H3,(H,21,22)(H,23,24). The monoisotopic (exact) mass is 343 g/mol. The van der Waals surface area contributed by atoms with E-state index in [4.69, 9.17) is 11.6 Å². The zero-order chi connectivity index (χ0) is 17.3. The number of carbonyl (C=O) groups excluding carboxylic acids is 1. The van der Waals surface area contributed by atoms with Crippen LogP contribution in [0.1, 0.15) is 23.1 Å². The molecule has 1 aliphatic carbocycles. The molecule has 0 heterocycles. The highest BCUT2D eigenvalue weighted by Crippen LogP contribution is 2.40. The Labute approximate surface area is 145 Å². The molecule has 0 spiro atoms. The molecule has 1 aliphatic rings. The van der Waals surface area contributed by atoms with E-state index in [1.54, 1.807) is 18.2 Å². The number of carboxylic acids is 1. The zero-order valence-electron chi connectivity index (χ0n) is 13.3. The van der Waals surface area contributed by atoms with Gasteiger partial charge in [-0.15, -0.1) is 0 Å². The first-order valence-corrected chi connectivity index (χ1v) is 8.14. The van der Waals surface area contributed by atoms with Gasteiger partial charge in [-0.25, -0.2) is 0 Å². The van der Waals surface area contributed by atoms with Crippen LogP contribution in [0.5, 0.6) is 0 Å². The lowest BCUT2D eigenvalue weighted by atomic mass is 9.81. The molecule has 124 valence electrons. The van der Waals surface area contributed by atoms with Gasteiger partial charge in [-0.05, 0) is 54.7 Å². The molecule has 0 aliphatic heterocycles. The van der Waals surface area contributed by atoms with Gasteiger partial charge in [0.25, 0.3) is 0 Å². The van der Waals surface area contributed by atoms with Gasteiger partial charge in [0.05, 0.1) is 5.41 Å². The summed E-state index contributed by atoms with van der Waals surface area (Å²) in [5, 5.41) is 13.2. The number of aryl methyl sites for hydroxylation is 1. The summed E-state index contributed by atoms with van der Waals surface area (Å²) >= 11 is 5.92. The summed E-state index contributed by atoms with van der Waals surface area (Å²) in [6.07, 6.45) is 0.704. The van der Waals surface area contributed by atoms with E-state index in [0.717, 1.165) is 16.7 Å². The van der Waals surface area contributed by atoms with Crippen LogP contribution in [0.3, 0.4) is 0 Å². The minimum atomic E-state index is -1.08. The maximum Gasteiger partial charge on any atom is 0.310 e. The Hall–Kier alpha value is -2.33. The number of hydrogen-bond acceptors (Lipinski definition) is 2. The Kier molecular flexibility index (Phi) is 4.33. The number of aliphatic carboxylic acids is 1. The van der Waals surface area contributed by atoms with Crippen LogP contribution in [0.15, 0.2) is 42.5 Å². The third-order valence-corrected chi connectivity index (χ3v) is 4.83. The number of halogens is 1. The maximum absolute atomic E-state index is 12.5. The highest BCUT2D eigenvalue weighted by Gasteiger charge is 2.45. The van der Waals surface area contributed by atoms with E-state index >= 15 is 0 Å². The summed E-state index contributed by atoms with van der Waals surface area (Å²) in [5.41, 5.74) is 2.44. The molecule has 0 saturated heterocycles. The predicted octanol–water partition coefficient (Wildman–Crippen LogP) is 3.85. The summed E-state index contributed by atoms with van der Waals surface area (Å²) in [6.45, 7) is 1.85. The van der Waals surface area contributed by atoms with Gasteiger partial charge in [-0.1, -0.05) is 35.9 Å². The Morgan fingerprint density at radius 2 is 1.79 bits per heavy atom. The van der Waals surface area contributed by atoms with Crippen LogP contribution in [0.25, 0.3) is 0 Å². The van der Waals surface area contributed by atoms with Crippen LogP contribution < -0.4 is 5.32 Å². The summed E-state index contributed by atoms with van der Waals surface area (Å²) in [7, 11) is 0. The molecule has 2 aromatic carbocycles. The second kappa shape index (κ2) is 6.29. The molecular weight excluding hydrogens is 326 g/mol. The molecule has 4 nitrogen and oxygen atoms in total. The van der Waals surface area contributed by atoms with Crippen molar-refractivity contribution < 1.29 is 14.7 Å². The van der Waals surface area contributed by atoms with E-state index in [9.17, 15) is 14.7 Å². The van der Waals surface area contributed by atoms with Crippen molar-refractivity contribution in [3.63, 3.8) is 0 Å². The summed E-state index contributed by atoms with van der Waals surface area (Å²) in [4.78, 5) is 24.4. The smallest absolute Gasteiger partial charge is 0.310 e. The number of carboxylic acid groups (broad SMARTS) is 1. The average molecular weight is 344 g/mol. The van der Waals surface area contributed by atoms with Crippen LogP contribution in [-0.4, -0.2) is 17.0 Å². The van der Waals surface area contributed by atoms with Crippen LogP contribution in [0.4, 0.5) is 5.69 Å². The van der Waals surface area contributed by atoms with Crippen LogP contribution in [0, 0.1) is 12.3 Å². The first-order valence-electron chi connectivity index (χ1n) is 7.76. The van der Waals surface area contributed by atoms with E-state index in [1.165, 1.54) is 0 Å². The van der Waals surface area contributed by atoms with Gasteiger partial charge in [0.2, 0.25) is 5.91 Å². The van der Waals surface area contributed by atoms with E-state index in [-0.39, 0.29) is 12.3 Å². The zero-order valence-corrected chi connectivity index (χ0v) is 14.1. The topological polar surface area (TPSA) is 66.4 Å². The van der Waals surface area contributed by atoms with Crippen molar-refractivity contribution in [3.8, 4) is 0 Å². The predicted molar refractivity (Wildman–Crippen MR) is 93.4 cm³/mol. The average Bonchev–Trinajstić information content (AvgIpc) is 2.89. The van der Waals surface area contributed by atoms with Gasteiger partial charge in [0.1, 0.15) is 0 Å². The highest BCUT2D eigenvalue weighted by atomic mass is 35.5. The Morgan fingerprint density at radius 3 is 2.33 bits per heavy atom. The Balaban J connectivity index is 1.78. The first kappa shape index (κ1) is 16.5. The molecule has 0 radical (unpaired) electrons. The lowest BCUT2D eigenvalue weighted by molar-refractivity contribution is -0.150. The van der Waals surface area contributed by atoms with Gasteiger partial charge in [-0.3, -0.25) is 9.59 Å². The summed E-state index contributed by atoms with van der Waals surface area (Å²) in [5.74, 6) is -1.22. The summed E-state index contributed by atoms with van der Waals surface area (Å²) < 4.78 is 0. The minimum Gasteiger partial charge on any atom is -0.481 e. The molecule has 0 fully saturated rings. The van der Waals surface area contributed by atoms with Gasteiger partial charge < -0.3 is 10.4 Å². The van der Waals surface area contributed by atoms with Crippen molar-refractivity contribution in [1.82, 2.24) is 0 Å². The van der Waals surface area contributed by atoms with E-state index < -0.39 is 11.4 Å². The van der Waals surface area contributed by atoms with E-state index in [2.05, 4.69) is 5.32 Å². The van der Waals surface area contributed by atoms with Gasteiger partial charge >= 0.3 is 5.97 Å². The molecule has 0 unspecified atom stereocenters. The van der Waals surface area contributed by atoms with E-state index in [0.29, 0.717) is 23.6 Å². The van der Waals surface area contributed by atoms with Gasteiger partial charge in [-0.2, -0.15) is 0 Å². The largest absolute Gasteiger partial charge is 0.481 e. The van der Waals surface area contributed by atoms with E-state index in [1.807, 2.05) is 31.2 Å². The quantitative estimate of drug-likeness (QED) is 0.886. The fourth-order valence-electron chi connectivity index (χ4n) is 3.31. The van der Waals surface area contributed by atoms with Crippen LogP contribution >= 0.6 is 11.6 Å². The van der Waals surface area contributed by atoms with Crippen LogP contribution in [0.2, 0.25) is 5.02 Å². The molecule has 2 aromatic rings. The minimum absolute atomic E-state index is 0.0565. The lowest BCUT2D eigenvalue weighted by Crippen LogP contribution is -2.36. The number of hydrogen-bond donors (Lipinski definition) is 2. The second-order valence-corrected chi connectivity index (χ2v) is 6.83. The molecule has 5 heteroatoms. The fourth-order valence-corrected chi connectivity index (χ4v) is 3.54. The SMILES string of the molecule is Cc1cc(Cl)ccc1NC(=O)CC1(C(=O)O)Cc2ccccc2C1. The maximum atomic E-state index is 12.5. The number of fused-ring (bicyclic) bond motifs is 1. The molecule has 2 N–H and O–H groups in total. The van der Waals surface area contributed by atoms with Crippen LogP contribution in [-0.2, 0) is 22.4 Å². The van der Waals surface area contributed by atoms with Gasteiger partial charge in [0, 0.05) is 17.1 Å². The molecule has 24 heavy (non-hydrogen) atoms. The van der Waals surface area contributed by atoms with Gasteiger partial charge in [0.15, 0.2) is 0 Å². The van der Waals surface area contributed by atoms with Crippen molar-refractivity contribution in [2.75, 3.05) is 5.32 Å². The number of anilines is 1. The number of nitrogens with one attached hydrogen (secondary N) is 1. The molecular formula is C19H18ClNO3. The Morgan fingerprint density at radius 1 is 1.17 bits per heavy atom. The second-order valence-electron chi connectivity index (χ2n) is 6.39. The molecule has 0 bridgehead atoms. The van der Waals surface area contributed by atoms with Crippen molar-refractivity contribution >= 4 is 29.2 Å². The molecule has 0 aromatic heterocycles. The third kappa shape index (κ3) is 3.15. The summed E-state index contributed by atoms with van der Waals surface area (Å²) in [6, 6.07) is 12.8. The van der Waals surface area contributed by atoms with Crippen molar-refractivity contribution in [2.24, 2.45) is 5.41 Å². The number of benzene rings is 2. The Bertz CT molecular complexity index is 791. The number of carbonyl (C=O) groups is 2. The lowest BCUT2D eigenvalue weighted by Gasteiger charge is -2.23. The number of rotatable bonds is 4. The first-order chi connectivity index (χ1) is 11.4. The third-order valence-electron chi connectivity index (χ3n) is 4.59. The van der Waals surface area contributed by atoms with Crippen molar-refractivity contribution in [1.29, 1.82) is 0 Å². The molecule has 3 rings (SSSR count). The highest BCUT2D eigenvalue weighted by molar-refractivity contribution is 6.30. The normalized spacial score (nSPS) is 14.9. The van der Waals surface area contributed by atoms with Crippen molar-refractivity contribution in [3.05, 3.63) is 64.2 Å². The molecule has 1 amide bonds. The number of amides is 1.